The number of nitrogens with one attached hydrogen (secondary N) is 1. The van der Waals surface area contributed by atoms with Crippen LogP contribution in [0.1, 0.15) is 17.2 Å². The zero-order chi connectivity index (χ0) is 17.2. The number of fused-ring (bicyclic) bond motifs is 1. The standard InChI is InChI=1S/C19H21N5O/c20-19(25)24-8-7-23(13-18(24)16-5-6-21-11-16)12-14-9-15-3-1-2-4-17(15)22-10-14/h1-6,9-11,18,21H,7-8,12-13H2,(H2,20,25). The maximum Gasteiger partial charge on any atom is 0.315 e. The number of carbonyl (C=O) groups is 1. The minimum atomic E-state index is -0.363. The SMILES string of the molecule is NC(=O)N1CCN(Cc2cnc3ccccc3c2)CC1c1cc[nH]c1. The molecule has 1 unspecified atom stereocenters. The average molecular weight is 335 g/mol. The Labute approximate surface area is 146 Å². The van der Waals surface area contributed by atoms with Crippen molar-refractivity contribution in [3.8, 4) is 0 Å². The van der Waals surface area contributed by atoms with E-state index < -0.39 is 0 Å². The molecule has 1 saturated heterocycles. The smallest absolute Gasteiger partial charge is 0.315 e. The summed E-state index contributed by atoms with van der Waals surface area (Å²) in [4.78, 5) is 23.5. The van der Waals surface area contributed by atoms with Gasteiger partial charge in [-0.25, -0.2) is 4.79 Å². The van der Waals surface area contributed by atoms with Crippen molar-refractivity contribution in [2.75, 3.05) is 19.6 Å². The van der Waals surface area contributed by atoms with Gasteiger partial charge in [-0.2, -0.15) is 0 Å². The van der Waals surface area contributed by atoms with E-state index in [2.05, 4.69) is 27.0 Å². The molecule has 2 aromatic heterocycles. The zero-order valence-corrected chi connectivity index (χ0v) is 13.9. The summed E-state index contributed by atoms with van der Waals surface area (Å²) >= 11 is 0. The van der Waals surface area contributed by atoms with Crippen LogP contribution >= 0.6 is 0 Å². The van der Waals surface area contributed by atoms with E-state index >= 15 is 0 Å². The molecular formula is C19H21N5O. The Morgan fingerprint density at radius 3 is 2.96 bits per heavy atom. The first kappa shape index (κ1) is 15.7. The molecule has 0 saturated carbocycles. The van der Waals surface area contributed by atoms with Gasteiger partial charge in [-0.05, 0) is 29.3 Å². The zero-order valence-electron chi connectivity index (χ0n) is 13.9. The Hall–Kier alpha value is -2.86. The van der Waals surface area contributed by atoms with Gasteiger partial charge in [-0.3, -0.25) is 9.88 Å². The van der Waals surface area contributed by atoms with Gasteiger partial charge in [0.2, 0.25) is 0 Å². The summed E-state index contributed by atoms with van der Waals surface area (Å²) < 4.78 is 0. The summed E-state index contributed by atoms with van der Waals surface area (Å²) in [5.74, 6) is 0. The molecule has 3 N–H and O–H groups in total. The second-order valence-corrected chi connectivity index (χ2v) is 6.46. The predicted octanol–water partition coefficient (Wildman–Crippen LogP) is 2.50. The molecule has 0 aliphatic carbocycles. The van der Waals surface area contributed by atoms with E-state index in [4.69, 9.17) is 5.73 Å². The molecule has 25 heavy (non-hydrogen) atoms. The van der Waals surface area contributed by atoms with Crippen LogP contribution in [0.2, 0.25) is 0 Å². The van der Waals surface area contributed by atoms with Crippen LogP contribution in [0.25, 0.3) is 10.9 Å². The number of nitrogens with zero attached hydrogens (tertiary/aromatic N) is 3. The van der Waals surface area contributed by atoms with Crippen molar-refractivity contribution in [1.29, 1.82) is 0 Å². The molecule has 1 aromatic carbocycles. The number of rotatable bonds is 3. The van der Waals surface area contributed by atoms with Crippen molar-refractivity contribution in [2.24, 2.45) is 5.73 Å². The third-order valence-electron chi connectivity index (χ3n) is 4.81. The first-order valence-corrected chi connectivity index (χ1v) is 8.45. The van der Waals surface area contributed by atoms with Gasteiger partial charge < -0.3 is 15.6 Å². The van der Waals surface area contributed by atoms with Crippen molar-refractivity contribution >= 4 is 16.9 Å². The third kappa shape index (κ3) is 3.21. The van der Waals surface area contributed by atoms with E-state index in [1.807, 2.05) is 42.9 Å². The fraction of sp³-hybridized carbons (Fsp3) is 0.263. The molecule has 6 nitrogen and oxygen atoms in total. The maximum atomic E-state index is 11.8. The largest absolute Gasteiger partial charge is 0.367 e. The highest BCUT2D eigenvalue weighted by Gasteiger charge is 2.30. The molecule has 6 heteroatoms. The first-order valence-electron chi connectivity index (χ1n) is 8.45. The highest BCUT2D eigenvalue weighted by Crippen LogP contribution is 2.26. The van der Waals surface area contributed by atoms with Gasteiger partial charge in [0.25, 0.3) is 0 Å². The number of hydrogen-bond donors (Lipinski definition) is 2. The number of nitrogens with two attached hydrogens (primary N) is 1. The topological polar surface area (TPSA) is 78.2 Å². The number of para-hydroxylation sites is 1. The second-order valence-electron chi connectivity index (χ2n) is 6.46. The van der Waals surface area contributed by atoms with Crippen LogP contribution in [0.3, 0.4) is 0 Å². The molecule has 0 bridgehead atoms. The minimum absolute atomic E-state index is 0.0223. The average Bonchev–Trinajstić information content (AvgIpc) is 3.16. The Kier molecular flexibility index (Phi) is 4.11. The maximum absolute atomic E-state index is 11.8. The third-order valence-corrected chi connectivity index (χ3v) is 4.81. The lowest BCUT2D eigenvalue weighted by Gasteiger charge is -2.40. The van der Waals surface area contributed by atoms with Crippen molar-refractivity contribution in [1.82, 2.24) is 19.8 Å². The number of aromatic amines is 1. The van der Waals surface area contributed by atoms with Gasteiger partial charge >= 0.3 is 6.03 Å². The monoisotopic (exact) mass is 335 g/mol. The number of hydrogen-bond acceptors (Lipinski definition) is 3. The van der Waals surface area contributed by atoms with Crippen LogP contribution in [0.4, 0.5) is 4.79 Å². The molecule has 0 spiro atoms. The number of carbonyl (C=O) groups excluding carboxylic acids is 1. The molecule has 2 amide bonds. The molecule has 1 aliphatic heterocycles. The summed E-state index contributed by atoms with van der Waals surface area (Å²) in [6.07, 6.45) is 5.75. The van der Waals surface area contributed by atoms with E-state index in [9.17, 15) is 4.79 Å². The number of H-pyrrole nitrogens is 1. The van der Waals surface area contributed by atoms with Crippen LogP contribution in [-0.4, -0.2) is 45.4 Å². The fourth-order valence-corrected chi connectivity index (χ4v) is 3.54. The van der Waals surface area contributed by atoms with Crippen LogP contribution in [0.5, 0.6) is 0 Å². The molecule has 128 valence electrons. The Morgan fingerprint density at radius 2 is 2.16 bits per heavy atom. The summed E-state index contributed by atoms with van der Waals surface area (Å²) in [6.45, 7) is 3.00. The van der Waals surface area contributed by atoms with Gasteiger partial charge in [-0.1, -0.05) is 18.2 Å². The van der Waals surface area contributed by atoms with Crippen LogP contribution in [-0.2, 0) is 6.54 Å². The highest BCUT2D eigenvalue weighted by molar-refractivity contribution is 5.78. The molecule has 3 heterocycles. The first-order chi connectivity index (χ1) is 12.2. The number of piperazine rings is 1. The number of amides is 2. The van der Waals surface area contributed by atoms with E-state index in [1.54, 1.807) is 4.90 Å². The van der Waals surface area contributed by atoms with Crippen molar-refractivity contribution < 1.29 is 4.79 Å². The molecular weight excluding hydrogens is 314 g/mol. The highest BCUT2D eigenvalue weighted by atomic mass is 16.2. The van der Waals surface area contributed by atoms with Crippen molar-refractivity contribution in [2.45, 2.75) is 12.6 Å². The van der Waals surface area contributed by atoms with Gasteiger partial charge in [0, 0.05) is 50.2 Å². The normalized spacial score (nSPS) is 18.6. The molecule has 0 radical (unpaired) electrons. The molecule has 3 aromatic rings. The van der Waals surface area contributed by atoms with Crippen LogP contribution < -0.4 is 5.73 Å². The Morgan fingerprint density at radius 1 is 1.28 bits per heavy atom. The lowest BCUT2D eigenvalue weighted by Crippen LogP contribution is -2.51. The summed E-state index contributed by atoms with van der Waals surface area (Å²) in [5.41, 5.74) is 8.84. The number of aromatic nitrogens is 2. The summed E-state index contributed by atoms with van der Waals surface area (Å²) in [5, 5.41) is 1.15. The molecule has 1 atom stereocenters. The van der Waals surface area contributed by atoms with Gasteiger partial charge in [0.15, 0.2) is 0 Å². The predicted molar refractivity (Wildman–Crippen MR) is 96.8 cm³/mol. The van der Waals surface area contributed by atoms with Crippen LogP contribution in [0.15, 0.2) is 55.0 Å². The van der Waals surface area contributed by atoms with Crippen LogP contribution in [0, 0.1) is 0 Å². The summed E-state index contributed by atoms with van der Waals surface area (Å²) in [7, 11) is 0. The number of primary amides is 1. The second kappa shape index (κ2) is 6.57. The minimum Gasteiger partial charge on any atom is -0.367 e. The molecule has 1 fully saturated rings. The van der Waals surface area contributed by atoms with Gasteiger partial charge in [0.05, 0.1) is 11.6 Å². The van der Waals surface area contributed by atoms with Crippen molar-refractivity contribution in [3.05, 3.63) is 66.1 Å². The quantitative estimate of drug-likeness (QED) is 0.772. The number of benzene rings is 1. The Bertz CT molecular complexity index is 876. The van der Waals surface area contributed by atoms with Crippen molar-refractivity contribution in [3.63, 3.8) is 0 Å². The van der Waals surface area contributed by atoms with E-state index in [0.29, 0.717) is 6.54 Å². The Balaban J connectivity index is 1.53. The molecule has 4 rings (SSSR count). The molecule has 1 aliphatic rings. The lowest BCUT2D eigenvalue weighted by molar-refractivity contribution is 0.0939. The van der Waals surface area contributed by atoms with Gasteiger partial charge in [-0.15, -0.1) is 0 Å². The number of pyridine rings is 1. The lowest BCUT2D eigenvalue weighted by atomic mass is 10.0. The van der Waals surface area contributed by atoms with E-state index in [0.717, 1.165) is 36.1 Å². The number of urea groups is 1. The fourth-order valence-electron chi connectivity index (χ4n) is 3.54. The van der Waals surface area contributed by atoms with E-state index in [1.165, 1.54) is 5.56 Å². The summed E-state index contributed by atoms with van der Waals surface area (Å²) in [6, 6.07) is 11.9. The van der Waals surface area contributed by atoms with E-state index in [-0.39, 0.29) is 12.1 Å². The van der Waals surface area contributed by atoms with Gasteiger partial charge in [0.1, 0.15) is 0 Å².